The number of aromatic nitrogens is 1. The van der Waals surface area contributed by atoms with E-state index in [1.165, 1.54) is 0 Å². The molecular formula is C12H16N4O3. The van der Waals surface area contributed by atoms with Crippen molar-refractivity contribution in [3.05, 3.63) is 46.0 Å². The van der Waals surface area contributed by atoms with E-state index in [0.29, 0.717) is 31.4 Å². The lowest BCUT2D eigenvalue weighted by atomic mass is 10.2. The molecule has 0 spiro atoms. The smallest absolute Gasteiger partial charge is 0.274 e. The van der Waals surface area contributed by atoms with E-state index < -0.39 is 4.92 Å². The molecule has 1 aromatic rings. The zero-order chi connectivity index (χ0) is 13.7. The quantitative estimate of drug-likeness (QED) is 0.630. The molecule has 0 aliphatic carbocycles. The highest BCUT2D eigenvalue weighted by atomic mass is 16.6. The van der Waals surface area contributed by atoms with Crippen molar-refractivity contribution >= 4 is 0 Å². The van der Waals surface area contributed by atoms with Crippen LogP contribution in [-0.2, 0) is 6.54 Å². The first-order chi connectivity index (χ1) is 9.19. The van der Waals surface area contributed by atoms with Gasteiger partial charge in [-0.2, -0.15) is 0 Å². The Morgan fingerprint density at radius 1 is 1.63 bits per heavy atom. The van der Waals surface area contributed by atoms with Gasteiger partial charge in [-0.1, -0.05) is 6.07 Å². The van der Waals surface area contributed by atoms with Crippen LogP contribution in [0, 0.1) is 10.1 Å². The molecule has 19 heavy (non-hydrogen) atoms. The summed E-state index contributed by atoms with van der Waals surface area (Å²) in [7, 11) is 0. The Morgan fingerprint density at radius 3 is 3.11 bits per heavy atom. The zero-order valence-electron chi connectivity index (χ0n) is 10.7. The molecule has 0 radical (unpaired) electrons. The molecule has 1 aliphatic rings. The van der Waals surface area contributed by atoms with Crippen LogP contribution in [-0.4, -0.2) is 34.5 Å². The van der Waals surface area contributed by atoms with Crippen LogP contribution in [0.25, 0.3) is 0 Å². The topological polar surface area (TPSA) is 80.5 Å². The molecule has 1 fully saturated rings. The number of rotatable bonds is 5. The van der Waals surface area contributed by atoms with E-state index in [1.807, 2.05) is 17.9 Å². The largest absolute Gasteiger partial charge is 0.478 e. The summed E-state index contributed by atoms with van der Waals surface area (Å²) < 4.78 is 5.27. The molecule has 0 unspecified atom stereocenters. The van der Waals surface area contributed by atoms with Gasteiger partial charge in [0.25, 0.3) is 6.20 Å². The van der Waals surface area contributed by atoms with E-state index in [0.717, 1.165) is 18.3 Å². The molecule has 0 amide bonds. The van der Waals surface area contributed by atoms with Crippen LogP contribution < -0.4 is 10.1 Å². The normalized spacial score (nSPS) is 16.5. The van der Waals surface area contributed by atoms with E-state index >= 15 is 0 Å². The lowest BCUT2D eigenvalue weighted by Crippen LogP contribution is -2.20. The van der Waals surface area contributed by atoms with Crippen LogP contribution in [0.5, 0.6) is 5.88 Å². The average molecular weight is 264 g/mol. The molecule has 1 aromatic heterocycles. The predicted molar refractivity (Wildman–Crippen MR) is 68.9 cm³/mol. The molecule has 7 nitrogen and oxygen atoms in total. The summed E-state index contributed by atoms with van der Waals surface area (Å²) >= 11 is 0. The molecule has 0 saturated carbocycles. The first-order valence-electron chi connectivity index (χ1n) is 6.11. The van der Waals surface area contributed by atoms with E-state index in [1.54, 1.807) is 12.3 Å². The third kappa shape index (κ3) is 3.57. The van der Waals surface area contributed by atoms with Crippen LogP contribution >= 0.6 is 0 Å². The van der Waals surface area contributed by atoms with Gasteiger partial charge >= 0.3 is 0 Å². The Kier molecular flexibility index (Phi) is 4.17. The van der Waals surface area contributed by atoms with Gasteiger partial charge < -0.3 is 15.0 Å². The minimum atomic E-state index is -0.447. The number of pyridine rings is 1. The van der Waals surface area contributed by atoms with Gasteiger partial charge in [0.05, 0.1) is 11.5 Å². The third-order valence-corrected chi connectivity index (χ3v) is 2.72. The van der Waals surface area contributed by atoms with Crippen molar-refractivity contribution < 1.29 is 9.66 Å². The zero-order valence-corrected chi connectivity index (χ0v) is 10.7. The minimum absolute atomic E-state index is 0.447. The van der Waals surface area contributed by atoms with Crippen molar-refractivity contribution in [2.75, 3.05) is 19.7 Å². The van der Waals surface area contributed by atoms with Crippen LogP contribution in [0.4, 0.5) is 0 Å². The standard InChI is InChI=1S/C12H16N4O3/c1-2-19-12-4-3-10(7-14-12)8-15-6-5-13-11(15)9-16(17)18/h3-4,7,9,13H,2,5-6,8H2,1H3. The molecule has 7 heteroatoms. The van der Waals surface area contributed by atoms with Gasteiger partial charge in [-0.15, -0.1) is 0 Å². The molecule has 1 aliphatic heterocycles. The number of hydrogen-bond donors (Lipinski definition) is 1. The maximum atomic E-state index is 10.5. The summed E-state index contributed by atoms with van der Waals surface area (Å²) in [5.74, 6) is 1.13. The van der Waals surface area contributed by atoms with Crippen LogP contribution in [0.3, 0.4) is 0 Å². The Balaban J connectivity index is 2.02. The maximum absolute atomic E-state index is 10.5. The number of nitrogens with one attached hydrogen (secondary N) is 1. The van der Waals surface area contributed by atoms with Crippen molar-refractivity contribution in [2.45, 2.75) is 13.5 Å². The first-order valence-corrected chi connectivity index (χ1v) is 6.11. The van der Waals surface area contributed by atoms with Gasteiger partial charge in [0, 0.05) is 31.9 Å². The molecular weight excluding hydrogens is 248 g/mol. The summed E-state index contributed by atoms with van der Waals surface area (Å²) in [5.41, 5.74) is 0.987. The van der Waals surface area contributed by atoms with Crippen molar-refractivity contribution in [3.8, 4) is 5.88 Å². The van der Waals surface area contributed by atoms with E-state index in [2.05, 4.69) is 10.3 Å². The van der Waals surface area contributed by atoms with Crippen LogP contribution in [0.15, 0.2) is 30.4 Å². The van der Waals surface area contributed by atoms with Crippen LogP contribution in [0.2, 0.25) is 0 Å². The van der Waals surface area contributed by atoms with E-state index in [-0.39, 0.29) is 0 Å². The number of nitro groups is 1. The molecule has 1 saturated heterocycles. The molecule has 0 bridgehead atoms. The van der Waals surface area contributed by atoms with Gasteiger partial charge in [-0.05, 0) is 12.5 Å². The summed E-state index contributed by atoms with van der Waals surface area (Å²) in [6, 6.07) is 3.72. The number of nitrogens with zero attached hydrogens (tertiary/aromatic N) is 3. The van der Waals surface area contributed by atoms with Gasteiger partial charge in [-0.25, -0.2) is 4.98 Å². The first kappa shape index (κ1) is 13.1. The fourth-order valence-corrected chi connectivity index (χ4v) is 1.90. The highest BCUT2D eigenvalue weighted by molar-refractivity contribution is 5.19. The summed E-state index contributed by atoms with van der Waals surface area (Å²) in [6.07, 6.45) is 2.72. The maximum Gasteiger partial charge on any atom is 0.274 e. The van der Waals surface area contributed by atoms with Crippen molar-refractivity contribution in [1.82, 2.24) is 15.2 Å². The van der Waals surface area contributed by atoms with Gasteiger partial charge in [0.15, 0.2) is 5.82 Å². The second-order valence-corrected chi connectivity index (χ2v) is 4.09. The lowest BCUT2D eigenvalue weighted by molar-refractivity contribution is -0.404. The highest BCUT2D eigenvalue weighted by Gasteiger charge is 2.19. The molecule has 102 valence electrons. The molecule has 0 atom stereocenters. The van der Waals surface area contributed by atoms with Crippen molar-refractivity contribution in [2.24, 2.45) is 0 Å². The lowest BCUT2D eigenvalue weighted by Gasteiger charge is -2.16. The van der Waals surface area contributed by atoms with E-state index in [9.17, 15) is 10.1 Å². The Morgan fingerprint density at radius 2 is 2.47 bits per heavy atom. The Hall–Kier alpha value is -2.31. The third-order valence-electron chi connectivity index (χ3n) is 2.72. The summed E-state index contributed by atoms with van der Waals surface area (Å²) in [4.78, 5) is 16.1. The highest BCUT2D eigenvalue weighted by Crippen LogP contribution is 2.14. The van der Waals surface area contributed by atoms with Crippen molar-refractivity contribution in [3.63, 3.8) is 0 Å². The number of ether oxygens (including phenoxy) is 1. The summed E-state index contributed by atoms with van der Waals surface area (Å²) in [6.45, 7) is 4.53. The molecule has 0 aromatic carbocycles. The average Bonchev–Trinajstić information content (AvgIpc) is 2.79. The molecule has 1 N–H and O–H groups in total. The summed E-state index contributed by atoms with van der Waals surface area (Å²) in [5, 5.41) is 13.5. The van der Waals surface area contributed by atoms with E-state index in [4.69, 9.17) is 4.74 Å². The molecule has 2 heterocycles. The molecule has 2 rings (SSSR count). The predicted octanol–water partition coefficient (Wildman–Crippen LogP) is 0.961. The van der Waals surface area contributed by atoms with Crippen molar-refractivity contribution in [1.29, 1.82) is 0 Å². The Labute approximate surface area is 111 Å². The fourth-order valence-electron chi connectivity index (χ4n) is 1.90. The van der Waals surface area contributed by atoms with Gasteiger partial charge in [0.2, 0.25) is 5.88 Å². The number of hydrogen-bond acceptors (Lipinski definition) is 6. The van der Waals surface area contributed by atoms with Gasteiger partial charge in [-0.3, -0.25) is 10.1 Å². The monoisotopic (exact) mass is 264 g/mol. The van der Waals surface area contributed by atoms with Crippen LogP contribution in [0.1, 0.15) is 12.5 Å². The SMILES string of the molecule is CCOc1ccc(CN2CCNC2=C[N+](=O)[O-])cn1. The minimum Gasteiger partial charge on any atom is -0.478 e. The fraction of sp³-hybridized carbons (Fsp3) is 0.417. The van der Waals surface area contributed by atoms with Gasteiger partial charge in [0.1, 0.15) is 0 Å². The second kappa shape index (κ2) is 6.03. The Bertz CT molecular complexity index is 472. The second-order valence-electron chi connectivity index (χ2n) is 4.09.